The topological polar surface area (TPSA) is 52.6 Å². The lowest BCUT2D eigenvalue weighted by Gasteiger charge is -2.17. The monoisotopic (exact) mass is 666 g/mol. The molecular formula is C36H40F2O4S2Si. The van der Waals surface area contributed by atoms with E-state index in [0.717, 1.165) is 27.0 Å². The number of rotatable bonds is 11. The summed E-state index contributed by atoms with van der Waals surface area (Å²) < 4.78 is 38.6. The number of hydrogen-bond acceptors (Lipinski definition) is 6. The molecule has 0 aliphatic rings. The number of esters is 2. The molecular weight excluding hydrogens is 627 g/mol. The normalized spacial score (nSPS) is 10.9. The van der Waals surface area contributed by atoms with Crippen LogP contribution in [0.4, 0.5) is 8.78 Å². The molecule has 4 aromatic carbocycles. The van der Waals surface area contributed by atoms with Gasteiger partial charge in [0.05, 0.1) is 24.8 Å². The number of thioether (sulfide) groups is 2. The molecule has 4 rings (SSSR count). The van der Waals surface area contributed by atoms with Crippen molar-refractivity contribution < 1.29 is 27.8 Å². The third-order valence-corrected chi connectivity index (χ3v) is 10.6. The van der Waals surface area contributed by atoms with Crippen LogP contribution in [0.3, 0.4) is 0 Å². The van der Waals surface area contributed by atoms with E-state index in [1.54, 1.807) is 19.1 Å². The summed E-state index contributed by atoms with van der Waals surface area (Å²) in [6, 6.07) is 26.4. The van der Waals surface area contributed by atoms with Gasteiger partial charge in [-0.2, -0.15) is 0 Å². The van der Waals surface area contributed by atoms with E-state index in [4.69, 9.17) is 9.47 Å². The van der Waals surface area contributed by atoms with E-state index in [1.165, 1.54) is 42.8 Å². The van der Waals surface area contributed by atoms with Crippen molar-refractivity contribution >= 4 is 43.5 Å². The van der Waals surface area contributed by atoms with Crippen molar-refractivity contribution in [3.05, 3.63) is 130 Å². The van der Waals surface area contributed by atoms with Crippen LogP contribution < -0.4 is 0 Å². The summed E-state index contributed by atoms with van der Waals surface area (Å²) in [4.78, 5) is 26.4. The maximum absolute atomic E-state index is 14.4. The molecule has 0 N–H and O–H groups in total. The molecule has 9 heteroatoms. The van der Waals surface area contributed by atoms with Gasteiger partial charge < -0.3 is 9.47 Å². The Morgan fingerprint density at radius 3 is 1.49 bits per heavy atom. The lowest BCUT2D eigenvalue weighted by molar-refractivity contribution is 0.0521. The minimum Gasteiger partial charge on any atom is -0.465 e. The highest BCUT2D eigenvalue weighted by molar-refractivity contribution is 7.98. The van der Waals surface area contributed by atoms with Crippen molar-refractivity contribution in [3.63, 3.8) is 0 Å². The highest BCUT2D eigenvalue weighted by atomic mass is 32.2. The molecule has 0 spiro atoms. The standard InChI is InChI=1S/C20H25FO2SSi.C16H15FO2S/c1-15-10-11-18(21)17(14-24-16-8-6-5-7-9-16)19(15)20(22)23-12-13-25(2,3)4;1-11-8-9-14(17)13(15(11)16(18)19-2)10-20-12-6-4-3-5-7-12/h5-11H,12-14H2,1-4H3;3-9H,10H2,1-2H3. The molecule has 0 atom stereocenters. The summed E-state index contributed by atoms with van der Waals surface area (Å²) in [6.07, 6.45) is 0. The Bertz CT molecular complexity index is 1580. The highest BCUT2D eigenvalue weighted by Gasteiger charge is 2.21. The first kappa shape index (κ1) is 36.1. The average molecular weight is 667 g/mol. The maximum Gasteiger partial charge on any atom is 0.338 e. The van der Waals surface area contributed by atoms with E-state index >= 15 is 0 Å². The van der Waals surface area contributed by atoms with Crippen LogP contribution >= 0.6 is 23.5 Å². The van der Waals surface area contributed by atoms with Gasteiger partial charge in [-0.1, -0.05) is 68.2 Å². The summed E-state index contributed by atoms with van der Waals surface area (Å²) >= 11 is 3.01. The van der Waals surface area contributed by atoms with E-state index in [2.05, 4.69) is 19.6 Å². The van der Waals surface area contributed by atoms with Crippen LogP contribution in [0.2, 0.25) is 25.7 Å². The van der Waals surface area contributed by atoms with Gasteiger partial charge in [0.25, 0.3) is 0 Å². The second-order valence-corrected chi connectivity index (χ2v) is 19.3. The number of carbonyl (C=O) groups is 2. The molecule has 4 aromatic rings. The molecule has 0 aliphatic carbocycles. The molecule has 0 radical (unpaired) electrons. The van der Waals surface area contributed by atoms with Gasteiger partial charge in [-0.15, -0.1) is 23.5 Å². The molecule has 4 nitrogen and oxygen atoms in total. The van der Waals surface area contributed by atoms with Crippen LogP contribution in [0.15, 0.2) is 94.7 Å². The van der Waals surface area contributed by atoms with Gasteiger partial charge >= 0.3 is 11.9 Å². The fraction of sp³-hybridized carbons (Fsp3) is 0.278. The molecule has 0 unspecified atom stereocenters. The number of aryl methyl sites for hydroxylation is 2. The van der Waals surface area contributed by atoms with Crippen molar-refractivity contribution in [2.75, 3.05) is 13.7 Å². The van der Waals surface area contributed by atoms with E-state index in [-0.39, 0.29) is 11.6 Å². The third-order valence-electron chi connectivity index (χ3n) is 6.86. The highest BCUT2D eigenvalue weighted by Crippen LogP contribution is 2.29. The van der Waals surface area contributed by atoms with Crippen molar-refractivity contribution in [3.8, 4) is 0 Å². The van der Waals surface area contributed by atoms with Crippen LogP contribution in [0.1, 0.15) is 43.0 Å². The Labute approximate surface area is 274 Å². The van der Waals surface area contributed by atoms with Crippen LogP contribution in [0.5, 0.6) is 0 Å². The molecule has 0 saturated carbocycles. The zero-order chi connectivity index (χ0) is 33.0. The second-order valence-electron chi connectivity index (χ2n) is 11.6. The maximum atomic E-state index is 14.4. The molecule has 238 valence electrons. The Kier molecular flexibility index (Phi) is 13.9. The van der Waals surface area contributed by atoms with Gasteiger partial charge in [-0.05, 0) is 67.4 Å². The fourth-order valence-electron chi connectivity index (χ4n) is 4.30. The SMILES string of the molecule is COC(=O)c1c(C)ccc(F)c1CSc1ccccc1.Cc1ccc(F)c(CSc2ccccc2)c1C(=O)OCC[Si](C)(C)C. The van der Waals surface area contributed by atoms with E-state index < -0.39 is 20.0 Å². The number of methoxy groups -OCH3 is 1. The van der Waals surface area contributed by atoms with Crippen LogP contribution in [0.25, 0.3) is 0 Å². The summed E-state index contributed by atoms with van der Waals surface area (Å²) in [6.45, 7) is 10.7. The first-order valence-corrected chi connectivity index (χ1v) is 20.3. The first-order chi connectivity index (χ1) is 21.4. The Balaban J connectivity index is 0.000000251. The predicted octanol–water partition coefficient (Wildman–Crippen LogP) is 10.1. The smallest absolute Gasteiger partial charge is 0.338 e. The van der Waals surface area contributed by atoms with E-state index in [1.807, 2.05) is 67.6 Å². The molecule has 45 heavy (non-hydrogen) atoms. The van der Waals surface area contributed by atoms with Gasteiger partial charge in [-0.3, -0.25) is 0 Å². The Hall–Kier alpha value is -3.40. The molecule has 0 bridgehead atoms. The van der Waals surface area contributed by atoms with Crippen molar-refractivity contribution in [2.24, 2.45) is 0 Å². The average Bonchev–Trinajstić information content (AvgIpc) is 3.02. The molecule has 0 saturated heterocycles. The number of hydrogen-bond donors (Lipinski definition) is 0. The van der Waals surface area contributed by atoms with Crippen LogP contribution in [-0.2, 0) is 21.0 Å². The number of halogens is 2. The van der Waals surface area contributed by atoms with Gasteiger partial charge in [0.2, 0.25) is 0 Å². The quantitative estimate of drug-likeness (QED) is 0.0902. The zero-order valence-corrected chi connectivity index (χ0v) is 29.2. The molecule has 0 heterocycles. The van der Waals surface area contributed by atoms with Crippen molar-refractivity contribution in [2.45, 2.75) is 60.8 Å². The summed E-state index contributed by atoms with van der Waals surface area (Å²) in [5, 5.41) is 0. The predicted molar refractivity (Wildman–Crippen MR) is 184 cm³/mol. The van der Waals surface area contributed by atoms with Gasteiger partial charge in [0.15, 0.2) is 0 Å². The van der Waals surface area contributed by atoms with E-state index in [9.17, 15) is 18.4 Å². The van der Waals surface area contributed by atoms with Crippen LogP contribution in [0, 0.1) is 25.5 Å². The molecule has 0 aliphatic heterocycles. The second kappa shape index (κ2) is 17.3. The first-order valence-electron chi connectivity index (χ1n) is 14.6. The van der Waals surface area contributed by atoms with Gasteiger partial charge in [0.1, 0.15) is 11.6 Å². The lowest BCUT2D eigenvalue weighted by Crippen LogP contribution is -2.23. The minimum absolute atomic E-state index is 0.330. The number of ether oxygens (including phenoxy) is 2. The van der Waals surface area contributed by atoms with Gasteiger partial charge in [0, 0.05) is 40.5 Å². The van der Waals surface area contributed by atoms with Crippen LogP contribution in [-0.4, -0.2) is 33.7 Å². The molecule has 0 aromatic heterocycles. The fourth-order valence-corrected chi connectivity index (χ4v) is 6.90. The van der Waals surface area contributed by atoms with Crippen molar-refractivity contribution in [1.82, 2.24) is 0 Å². The largest absolute Gasteiger partial charge is 0.465 e. The van der Waals surface area contributed by atoms with Gasteiger partial charge in [-0.25, -0.2) is 18.4 Å². The molecule has 0 fully saturated rings. The number of carbonyl (C=O) groups excluding carboxylic acids is 2. The molecule has 0 amide bonds. The summed E-state index contributed by atoms with van der Waals surface area (Å²) in [7, 11) is 0.0285. The third kappa shape index (κ3) is 11.2. The van der Waals surface area contributed by atoms with E-state index in [0.29, 0.717) is 40.4 Å². The number of benzene rings is 4. The lowest BCUT2D eigenvalue weighted by atomic mass is 10.0. The Morgan fingerprint density at radius 2 is 1.09 bits per heavy atom. The Morgan fingerprint density at radius 1 is 0.667 bits per heavy atom. The summed E-state index contributed by atoms with van der Waals surface area (Å²) in [5.74, 6) is -0.854. The summed E-state index contributed by atoms with van der Waals surface area (Å²) in [5.41, 5.74) is 3.00. The zero-order valence-electron chi connectivity index (χ0n) is 26.6. The van der Waals surface area contributed by atoms with Crippen molar-refractivity contribution in [1.29, 1.82) is 0 Å². The minimum atomic E-state index is -1.28.